The summed E-state index contributed by atoms with van der Waals surface area (Å²) in [7, 11) is 0. The molecule has 0 saturated carbocycles. The summed E-state index contributed by atoms with van der Waals surface area (Å²) >= 11 is 0. The second-order valence-corrected chi connectivity index (χ2v) is 3.89. The van der Waals surface area contributed by atoms with Crippen LogP contribution in [0.2, 0.25) is 0 Å². The maximum Gasteiger partial charge on any atom is 0.335 e. The highest BCUT2D eigenvalue weighted by Crippen LogP contribution is 2.11. The number of aromatic carboxylic acids is 1. The van der Waals surface area contributed by atoms with Gasteiger partial charge in [-0.05, 0) is 24.3 Å². The quantitative estimate of drug-likeness (QED) is 0.641. The Morgan fingerprint density at radius 1 is 1.20 bits per heavy atom. The highest BCUT2D eigenvalue weighted by molar-refractivity contribution is 5.87. The van der Waals surface area contributed by atoms with Gasteiger partial charge in [0.05, 0.1) is 12.2 Å². The van der Waals surface area contributed by atoms with Crippen LogP contribution in [0.25, 0.3) is 0 Å². The molecule has 0 unspecified atom stereocenters. The fourth-order valence-electron chi connectivity index (χ4n) is 1.38. The van der Waals surface area contributed by atoms with Gasteiger partial charge in [0.2, 0.25) is 0 Å². The molecule has 5 nitrogen and oxygen atoms in total. The predicted octanol–water partition coefficient (Wildman–Crippen LogP) is 1.63. The first kappa shape index (κ1) is 16.3. The molecule has 1 aromatic carbocycles. The molecular weight excluding hydrogens is 272 g/mol. The van der Waals surface area contributed by atoms with Crippen LogP contribution in [0.1, 0.15) is 10.4 Å². The molecule has 0 saturated heterocycles. The number of carboxylic acids is 1. The van der Waals surface area contributed by atoms with Crippen LogP contribution in [0, 0.1) is 0 Å². The zero-order valence-electron chi connectivity index (χ0n) is 10.9. The third-order valence-electron chi connectivity index (χ3n) is 2.32. The van der Waals surface area contributed by atoms with Gasteiger partial charge < -0.3 is 19.9 Å². The van der Waals surface area contributed by atoms with Crippen LogP contribution in [-0.2, 0) is 4.74 Å². The summed E-state index contributed by atoms with van der Waals surface area (Å²) in [6, 6.07) is 6.08. The summed E-state index contributed by atoms with van der Waals surface area (Å²) < 4.78 is 33.5. The lowest BCUT2D eigenvalue weighted by Gasteiger charge is -2.08. The maximum atomic E-state index is 11.7. The van der Waals surface area contributed by atoms with Gasteiger partial charge in [0.25, 0.3) is 6.43 Å². The molecular formula is C13H17F2NO4. The maximum absolute atomic E-state index is 11.7. The van der Waals surface area contributed by atoms with Crippen LogP contribution in [0.15, 0.2) is 24.3 Å². The van der Waals surface area contributed by atoms with Crippen LogP contribution in [0.5, 0.6) is 5.75 Å². The van der Waals surface area contributed by atoms with Crippen molar-refractivity contribution in [3.05, 3.63) is 29.8 Å². The monoisotopic (exact) mass is 289 g/mol. The van der Waals surface area contributed by atoms with Gasteiger partial charge in [0.15, 0.2) is 0 Å². The van der Waals surface area contributed by atoms with Crippen molar-refractivity contribution in [2.45, 2.75) is 6.43 Å². The second kappa shape index (κ2) is 9.22. The van der Waals surface area contributed by atoms with Crippen molar-refractivity contribution >= 4 is 5.97 Å². The standard InChI is InChI=1S/C13H17F2NO4/c14-12(15)9-19-7-5-16-6-8-20-11-3-1-10(2-4-11)13(17)18/h1-4,12,16H,5-9H2,(H,17,18). The lowest BCUT2D eigenvalue weighted by Crippen LogP contribution is -2.25. The molecule has 0 amide bonds. The molecule has 2 N–H and O–H groups in total. The van der Waals surface area contributed by atoms with Gasteiger partial charge in [-0.3, -0.25) is 0 Å². The van der Waals surface area contributed by atoms with Gasteiger partial charge in [0.1, 0.15) is 19.0 Å². The Morgan fingerprint density at radius 2 is 1.85 bits per heavy atom. The van der Waals surface area contributed by atoms with Gasteiger partial charge in [-0.2, -0.15) is 0 Å². The molecule has 20 heavy (non-hydrogen) atoms. The molecule has 0 aliphatic heterocycles. The number of rotatable bonds is 10. The number of ether oxygens (including phenoxy) is 2. The summed E-state index contributed by atoms with van der Waals surface area (Å²) in [5.41, 5.74) is 0.201. The van der Waals surface area contributed by atoms with Crippen LogP contribution in [-0.4, -0.2) is 50.4 Å². The number of carboxylic acid groups (broad SMARTS) is 1. The number of hydrogen-bond donors (Lipinski definition) is 2. The summed E-state index contributed by atoms with van der Waals surface area (Å²) in [5, 5.41) is 11.7. The van der Waals surface area contributed by atoms with E-state index in [2.05, 4.69) is 10.1 Å². The molecule has 1 aromatic rings. The number of hydrogen-bond acceptors (Lipinski definition) is 4. The molecule has 0 heterocycles. The largest absolute Gasteiger partial charge is 0.492 e. The van der Waals surface area contributed by atoms with Gasteiger partial charge in [-0.1, -0.05) is 0 Å². The Balaban J connectivity index is 2.05. The average molecular weight is 289 g/mol. The number of nitrogens with one attached hydrogen (secondary N) is 1. The molecule has 0 spiro atoms. The number of alkyl halides is 2. The summed E-state index contributed by atoms with van der Waals surface area (Å²) in [4.78, 5) is 10.6. The topological polar surface area (TPSA) is 67.8 Å². The molecule has 0 bridgehead atoms. The number of benzene rings is 1. The smallest absolute Gasteiger partial charge is 0.335 e. The van der Waals surface area contributed by atoms with Crippen LogP contribution < -0.4 is 10.1 Å². The first-order valence-electron chi connectivity index (χ1n) is 6.12. The third kappa shape index (κ3) is 7.01. The first-order valence-corrected chi connectivity index (χ1v) is 6.12. The van der Waals surface area contributed by atoms with E-state index in [1.165, 1.54) is 12.1 Å². The molecule has 0 fully saturated rings. The summed E-state index contributed by atoms with van der Waals surface area (Å²) in [6.45, 7) is 1.07. The summed E-state index contributed by atoms with van der Waals surface area (Å²) in [6.07, 6.45) is -2.44. The van der Waals surface area contributed by atoms with Crippen LogP contribution in [0.4, 0.5) is 8.78 Å². The average Bonchev–Trinajstić information content (AvgIpc) is 2.42. The van der Waals surface area contributed by atoms with Crippen molar-refractivity contribution in [2.75, 3.05) is 32.9 Å². The van der Waals surface area contributed by atoms with Crippen molar-refractivity contribution in [3.8, 4) is 5.75 Å². The highest BCUT2D eigenvalue weighted by Gasteiger charge is 2.02. The van der Waals surface area contributed by atoms with E-state index in [1.807, 2.05) is 0 Å². The molecule has 0 radical (unpaired) electrons. The van der Waals surface area contributed by atoms with Crippen molar-refractivity contribution in [2.24, 2.45) is 0 Å². The van der Waals surface area contributed by atoms with E-state index in [0.29, 0.717) is 25.4 Å². The summed E-state index contributed by atoms with van der Waals surface area (Å²) in [5.74, 6) is -0.409. The zero-order valence-corrected chi connectivity index (χ0v) is 10.9. The lowest BCUT2D eigenvalue weighted by atomic mass is 10.2. The molecule has 1 rings (SSSR count). The van der Waals surface area contributed by atoms with E-state index in [0.717, 1.165) is 0 Å². The van der Waals surface area contributed by atoms with Gasteiger partial charge in [-0.25, -0.2) is 13.6 Å². The highest BCUT2D eigenvalue weighted by atomic mass is 19.3. The van der Waals surface area contributed by atoms with E-state index >= 15 is 0 Å². The van der Waals surface area contributed by atoms with E-state index in [4.69, 9.17) is 9.84 Å². The van der Waals surface area contributed by atoms with Crippen molar-refractivity contribution in [1.29, 1.82) is 0 Å². The van der Waals surface area contributed by atoms with Crippen LogP contribution in [0.3, 0.4) is 0 Å². The Kier molecular flexibility index (Phi) is 7.52. The van der Waals surface area contributed by atoms with E-state index < -0.39 is 19.0 Å². The van der Waals surface area contributed by atoms with E-state index in [-0.39, 0.29) is 12.2 Å². The minimum absolute atomic E-state index is 0.201. The van der Waals surface area contributed by atoms with Crippen LogP contribution >= 0.6 is 0 Å². The normalized spacial score (nSPS) is 10.8. The predicted molar refractivity (Wildman–Crippen MR) is 68.6 cm³/mol. The van der Waals surface area contributed by atoms with Crippen molar-refractivity contribution < 1.29 is 28.2 Å². The Morgan fingerprint density at radius 3 is 2.45 bits per heavy atom. The minimum atomic E-state index is -2.44. The van der Waals surface area contributed by atoms with Gasteiger partial charge in [0, 0.05) is 13.1 Å². The van der Waals surface area contributed by atoms with Gasteiger partial charge in [-0.15, -0.1) is 0 Å². The third-order valence-corrected chi connectivity index (χ3v) is 2.32. The fourth-order valence-corrected chi connectivity index (χ4v) is 1.38. The lowest BCUT2D eigenvalue weighted by molar-refractivity contribution is 0.0186. The van der Waals surface area contributed by atoms with Gasteiger partial charge >= 0.3 is 5.97 Å². The van der Waals surface area contributed by atoms with E-state index in [1.54, 1.807) is 12.1 Å². The molecule has 0 atom stereocenters. The van der Waals surface area contributed by atoms with Crippen molar-refractivity contribution in [1.82, 2.24) is 5.32 Å². The Labute approximate surface area is 115 Å². The number of halogens is 2. The van der Waals surface area contributed by atoms with E-state index in [9.17, 15) is 13.6 Å². The minimum Gasteiger partial charge on any atom is -0.492 e. The molecule has 0 aliphatic carbocycles. The fraction of sp³-hybridized carbons (Fsp3) is 0.462. The molecule has 112 valence electrons. The first-order chi connectivity index (χ1) is 9.59. The number of carbonyl (C=O) groups is 1. The zero-order chi connectivity index (χ0) is 14.8. The Bertz CT molecular complexity index is 398. The van der Waals surface area contributed by atoms with Crippen molar-refractivity contribution in [3.63, 3.8) is 0 Å². The second-order valence-electron chi connectivity index (χ2n) is 3.89. The Hall–Kier alpha value is -1.73. The molecule has 7 heteroatoms. The molecule has 0 aliphatic rings. The molecule has 0 aromatic heterocycles. The SMILES string of the molecule is O=C(O)c1ccc(OCCNCCOCC(F)F)cc1.